The van der Waals surface area contributed by atoms with Gasteiger partial charge in [0.25, 0.3) is 5.91 Å². The van der Waals surface area contributed by atoms with Crippen LogP contribution in [0.3, 0.4) is 0 Å². The Balaban J connectivity index is 1.49. The highest BCUT2D eigenvalue weighted by molar-refractivity contribution is 5.96. The normalized spacial score (nSPS) is 10.7. The van der Waals surface area contributed by atoms with Crippen molar-refractivity contribution in [2.75, 3.05) is 21.3 Å². The van der Waals surface area contributed by atoms with Gasteiger partial charge in [0.05, 0.1) is 44.7 Å². The molecule has 0 spiro atoms. The van der Waals surface area contributed by atoms with Gasteiger partial charge in [-0.25, -0.2) is 4.98 Å². The Labute approximate surface area is 198 Å². The third kappa shape index (κ3) is 4.76. The summed E-state index contributed by atoms with van der Waals surface area (Å²) in [4.78, 5) is 17.7. The van der Waals surface area contributed by atoms with Gasteiger partial charge in [0.2, 0.25) is 0 Å². The van der Waals surface area contributed by atoms with Crippen molar-refractivity contribution in [3.8, 4) is 23.0 Å². The summed E-state index contributed by atoms with van der Waals surface area (Å²) in [7, 11) is 4.69. The first-order valence-electron chi connectivity index (χ1n) is 10.8. The first kappa shape index (κ1) is 23.0. The summed E-state index contributed by atoms with van der Waals surface area (Å²) in [5.74, 6) is 1.92. The quantitative estimate of drug-likeness (QED) is 0.403. The minimum absolute atomic E-state index is 0.204. The van der Waals surface area contributed by atoms with Crippen LogP contribution in [-0.2, 0) is 13.2 Å². The minimum Gasteiger partial charge on any atom is -0.496 e. The monoisotopic (exact) mass is 461 g/mol. The first-order valence-corrected chi connectivity index (χ1v) is 10.8. The van der Waals surface area contributed by atoms with Gasteiger partial charge in [-0.3, -0.25) is 4.79 Å². The van der Waals surface area contributed by atoms with Crippen LogP contribution >= 0.6 is 0 Å². The molecule has 0 aliphatic heterocycles. The standard InChI is InChI=1S/C26H27N3O5/c1-17-8-7-11-29-15-18(28-25(17)29)16-34-22-10-6-5-9-20(22)26(30)27-14-21-23(32-3)12-19(31-2)13-24(21)33-4/h5-13,15H,14,16H2,1-4H3,(H,27,30). The van der Waals surface area contributed by atoms with Crippen molar-refractivity contribution in [3.05, 3.63) is 83.3 Å². The number of aryl methyl sites for hydroxylation is 1. The van der Waals surface area contributed by atoms with Gasteiger partial charge in [-0.15, -0.1) is 0 Å². The zero-order valence-electron chi connectivity index (χ0n) is 19.6. The van der Waals surface area contributed by atoms with Crippen LogP contribution < -0.4 is 24.3 Å². The number of fused-ring (bicyclic) bond motifs is 1. The van der Waals surface area contributed by atoms with Gasteiger partial charge in [0, 0.05) is 24.5 Å². The molecule has 1 N–H and O–H groups in total. The van der Waals surface area contributed by atoms with E-state index in [1.807, 2.05) is 41.9 Å². The number of para-hydroxylation sites is 1. The summed E-state index contributed by atoms with van der Waals surface area (Å²) in [5, 5.41) is 2.93. The Kier molecular flexibility index (Phi) is 6.87. The van der Waals surface area contributed by atoms with Crippen molar-refractivity contribution >= 4 is 11.6 Å². The van der Waals surface area contributed by atoms with Crippen LogP contribution in [0.15, 0.2) is 60.9 Å². The summed E-state index contributed by atoms with van der Waals surface area (Å²) in [6.45, 7) is 2.46. The maximum Gasteiger partial charge on any atom is 0.255 e. The molecule has 1 amide bonds. The molecule has 2 aromatic carbocycles. The molecule has 34 heavy (non-hydrogen) atoms. The fourth-order valence-corrected chi connectivity index (χ4v) is 3.72. The zero-order valence-corrected chi connectivity index (χ0v) is 19.6. The molecule has 0 fully saturated rings. The lowest BCUT2D eigenvalue weighted by atomic mass is 10.1. The molecule has 0 atom stereocenters. The van der Waals surface area contributed by atoms with E-state index in [2.05, 4.69) is 10.3 Å². The number of carbonyl (C=O) groups excluding carboxylic acids is 1. The molecule has 176 valence electrons. The molecule has 0 aliphatic rings. The SMILES string of the molecule is COc1cc(OC)c(CNC(=O)c2ccccc2OCc2cn3cccc(C)c3n2)c(OC)c1. The van der Waals surface area contributed by atoms with Crippen LogP contribution in [0.5, 0.6) is 23.0 Å². The summed E-state index contributed by atoms with van der Waals surface area (Å²) in [6, 6.07) is 14.6. The Hall–Kier alpha value is -4.20. The van der Waals surface area contributed by atoms with Gasteiger partial charge in [-0.2, -0.15) is 0 Å². The van der Waals surface area contributed by atoms with E-state index in [-0.39, 0.29) is 19.1 Å². The largest absolute Gasteiger partial charge is 0.496 e. The van der Waals surface area contributed by atoms with Gasteiger partial charge in [0.15, 0.2) is 0 Å². The van der Waals surface area contributed by atoms with Crippen LogP contribution in [0.4, 0.5) is 0 Å². The number of hydrogen-bond donors (Lipinski definition) is 1. The topological polar surface area (TPSA) is 83.3 Å². The molecule has 4 rings (SSSR count). The number of nitrogens with one attached hydrogen (secondary N) is 1. The Morgan fingerprint density at radius 1 is 0.971 bits per heavy atom. The lowest BCUT2D eigenvalue weighted by Gasteiger charge is -2.16. The van der Waals surface area contributed by atoms with Crippen LogP contribution in [-0.4, -0.2) is 36.6 Å². The van der Waals surface area contributed by atoms with E-state index in [9.17, 15) is 4.79 Å². The van der Waals surface area contributed by atoms with Gasteiger partial charge >= 0.3 is 0 Å². The molecule has 0 bridgehead atoms. The predicted molar refractivity (Wildman–Crippen MR) is 128 cm³/mol. The van der Waals surface area contributed by atoms with E-state index < -0.39 is 0 Å². The highest BCUT2D eigenvalue weighted by Gasteiger charge is 2.17. The molecule has 0 unspecified atom stereocenters. The van der Waals surface area contributed by atoms with E-state index in [4.69, 9.17) is 18.9 Å². The molecular weight excluding hydrogens is 434 g/mol. The molecule has 0 radical (unpaired) electrons. The lowest BCUT2D eigenvalue weighted by molar-refractivity contribution is 0.0946. The van der Waals surface area contributed by atoms with Crippen molar-refractivity contribution in [2.24, 2.45) is 0 Å². The molecule has 2 heterocycles. The number of methoxy groups -OCH3 is 3. The van der Waals surface area contributed by atoms with E-state index >= 15 is 0 Å². The van der Waals surface area contributed by atoms with E-state index in [1.165, 1.54) is 0 Å². The maximum absolute atomic E-state index is 13.0. The number of aromatic nitrogens is 2. The van der Waals surface area contributed by atoms with E-state index in [0.717, 1.165) is 16.9 Å². The minimum atomic E-state index is -0.277. The maximum atomic E-state index is 13.0. The molecule has 4 aromatic rings. The van der Waals surface area contributed by atoms with E-state index in [1.54, 1.807) is 51.7 Å². The summed E-state index contributed by atoms with van der Waals surface area (Å²) >= 11 is 0. The first-order chi connectivity index (χ1) is 16.5. The van der Waals surface area contributed by atoms with Crippen molar-refractivity contribution in [3.63, 3.8) is 0 Å². The number of benzene rings is 2. The molecule has 0 saturated heterocycles. The number of nitrogens with zero attached hydrogens (tertiary/aromatic N) is 2. The highest BCUT2D eigenvalue weighted by atomic mass is 16.5. The van der Waals surface area contributed by atoms with Crippen LogP contribution in [0.2, 0.25) is 0 Å². The number of imidazole rings is 1. The third-order valence-electron chi connectivity index (χ3n) is 5.48. The lowest BCUT2D eigenvalue weighted by Crippen LogP contribution is -2.24. The number of ether oxygens (including phenoxy) is 4. The van der Waals surface area contributed by atoms with E-state index in [0.29, 0.717) is 34.1 Å². The molecule has 0 saturated carbocycles. The number of pyridine rings is 1. The van der Waals surface area contributed by atoms with Crippen LogP contribution in [0.1, 0.15) is 27.2 Å². The molecular formula is C26H27N3O5. The number of amides is 1. The van der Waals surface area contributed by atoms with Crippen LogP contribution in [0.25, 0.3) is 5.65 Å². The van der Waals surface area contributed by atoms with Crippen molar-refractivity contribution in [1.29, 1.82) is 0 Å². The summed E-state index contributed by atoms with van der Waals surface area (Å²) in [5.41, 5.74) is 3.87. The second-order valence-electron chi connectivity index (χ2n) is 7.63. The van der Waals surface area contributed by atoms with Gasteiger partial charge in [-0.05, 0) is 30.7 Å². The number of carbonyl (C=O) groups is 1. The zero-order chi connectivity index (χ0) is 24.1. The molecule has 2 aromatic heterocycles. The van der Waals surface area contributed by atoms with Gasteiger partial charge in [-0.1, -0.05) is 18.2 Å². The second-order valence-corrected chi connectivity index (χ2v) is 7.63. The van der Waals surface area contributed by atoms with Crippen molar-refractivity contribution in [1.82, 2.24) is 14.7 Å². The van der Waals surface area contributed by atoms with Crippen molar-refractivity contribution < 1.29 is 23.7 Å². The highest BCUT2D eigenvalue weighted by Crippen LogP contribution is 2.34. The number of hydrogen-bond acceptors (Lipinski definition) is 6. The molecule has 8 heteroatoms. The third-order valence-corrected chi connectivity index (χ3v) is 5.48. The average Bonchev–Trinajstić information content (AvgIpc) is 3.30. The fourth-order valence-electron chi connectivity index (χ4n) is 3.72. The van der Waals surface area contributed by atoms with Crippen molar-refractivity contribution in [2.45, 2.75) is 20.1 Å². The molecule has 0 aliphatic carbocycles. The molecule has 8 nitrogen and oxygen atoms in total. The Morgan fingerprint density at radius 2 is 1.71 bits per heavy atom. The summed E-state index contributed by atoms with van der Waals surface area (Å²) in [6.07, 6.45) is 3.87. The van der Waals surface area contributed by atoms with Gasteiger partial charge < -0.3 is 28.7 Å². The fraction of sp³-hybridized carbons (Fsp3) is 0.231. The Bertz CT molecular complexity index is 1290. The Morgan fingerprint density at radius 3 is 2.38 bits per heavy atom. The predicted octanol–water partition coefficient (Wildman–Crippen LogP) is 4.18. The van der Waals surface area contributed by atoms with Crippen LogP contribution in [0, 0.1) is 6.92 Å². The second kappa shape index (κ2) is 10.2. The average molecular weight is 462 g/mol. The summed E-state index contributed by atoms with van der Waals surface area (Å²) < 4.78 is 24.2. The number of rotatable bonds is 9. The van der Waals surface area contributed by atoms with Gasteiger partial charge in [0.1, 0.15) is 35.3 Å². The smallest absolute Gasteiger partial charge is 0.255 e.